The van der Waals surface area contributed by atoms with E-state index in [4.69, 9.17) is 4.98 Å². The summed E-state index contributed by atoms with van der Waals surface area (Å²) in [5.41, 5.74) is 3.69. The zero-order chi connectivity index (χ0) is 14.9. The Morgan fingerprint density at radius 2 is 2.05 bits per heavy atom. The van der Waals surface area contributed by atoms with E-state index in [2.05, 4.69) is 53.6 Å². The highest BCUT2D eigenvalue weighted by atomic mass is 15.0. The third-order valence-corrected chi connectivity index (χ3v) is 4.67. The number of aryl methyl sites for hydroxylation is 1. The molecule has 2 aromatic heterocycles. The maximum atomic E-state index is 4.79. The Morgan fingerprint density at radius 3 is 2.91 bits per heavy atom. The predicted octanol–water partition coefficient (Wildman–Crippen LogP) is 4.16. The lowest BCUT2D eigenvalue weighted by atomic mass is 9.87. The molecule has 0 amide bonds. The van der Waals surface area contributed by atoms with Gasteiger partial charge in [-0.2, -0.15) is 0 Å². The fourth-order valence-corrected chi connectivity index (χ4v) is 3.30. The minimum atomic E-state index is 0.432. The van der Waals surface area contributed by atoms with Gasteiger partial charge in [0.1, 0.15) is 5.82 Å². The van der Waals surface area contributed by atoms with Crippen LogP contribution in [0.25, 0.3) is 10.9 Å². The molecule has 1 aliphatic heterocycles. The van der Waals surface area contributed by atoms with Gasteiger partial charge >= 0.3 is 0 Å². The predicted molar refractivity (Wildman–Crippen MR) is 90.1 cm³/mol. The largest absolute Gasteiger partial charge is 0.366 e. The van der Waals surface area contributed by atoms with E-state index in [1.807, 2.05) is 12.3 Å². The third kappa shape index (κ3) is 2.33. The van der Waals surface area contributed by atoms with Crippen LogP contribution in [-0.4, -0.2) is 16.0 Å². The summed E-state index contributed by atoms with van der Waals surface area (Å²) in [6.07, 6.45) is 5.90. The first kappa shape index (κ1) is 13.3. The molecule has 4 rings (SSSR count). The molecule has 3 heteroatoms. The molecule has 0 aliphatic carbocycles. The van der Waals surface area contributed by atoms with Gasteiger partial charge in [-0.05, 0) is 36.1 Å². The quantitative estimate of drug-likeness (QED) is 0.769. The van der Waals surface area contributed by atoms with Crippen molar-refractivity contribution in [2.75, 3.05) is 5.32 Å². The van der Waals surface area contributed by atoms with Gasteiger partial charge in [0.05, 0.1) is 5.52 Å². The minimum absolute atomic E-state index is 0.432. The van der Waals surface area contributed by atoms with Crippen molar-refractivity contribution in [1.82, 2.24) is 9.97 Å². The Morgan fingerprint density at radius 1 is 1.18 bits per heavy atom. The molecule has 1 aliphatic rings. The van der Waals surface area contributed by atoms with Gasteiger partial charge in [-0.1, -0.05) is 37.3 Å². The second-order valence-electron chi connectivity index (χ2n) is 6.05. The zero-order valence-corrected chi connectivity index (χ0v) is 12.7. The maximum Gasteiger partial charge on any atom is 0.130 e. The highest BCUT2D eigenvalue weighted by molar-refractivity contribution is 5.81. The number of pyridine rings is 2. The standard InChI is InChI=1S/C19H19N3/c1-13(14-5-3-2-4-6-14)17-8-7-15-11-16-12-20-10-9-18(16)22-19(15)21-17/h2-6,9-13,17H,7-8H2,1H3,(H,21,22). The van der Waals surface area contributed by atoms with E-state index in [9.17, 15) is 0 Å². The Balaban J connectivity index is 1.65. The van der Waals surface area contributed by atoms with E-state index in [1.54, 1.807) is 6.20 Å². The summed E-state index contributed by atoms with van der Waals surface area (Å²) in [7, 11) is 0. The van der Waals surface area contributed by atoms with Gasteiger partial charge in [-0.3, -0.25) is 4.98 Å². The lowest BCUT2D eigenvalue weighted by Crippen LogP contribution is -2.31. The molecule has 2 unspecified atom stereocenters. The van der Waals surface area contributed by atoms with E-state index in [1.165, 1.54) is 11.1 Å². The molecule has 0 saturated carbocycles. The molecule has 0 spiro atoms. The number of benzene rings is 1. The molecule has 0 bridgehead atoms. The normalized spacial score (nSPS) is 18.5. The number of aromatic nitrogens is 2. The molecule has 3 aromatic rings. The molecule has 3 nitrogen and oxygen atoms in total. The highest BCUT2D eigenvalue weighted by Gasteiger charge is 2.24. The first-order chi connectivity index (χ1) is 10.8. The molecule has 1 N–H and O–H groups in total. The van der Waals surface area contributed by atoms with Crippen LogP contribution >= 0.6 is 0 Å². The smallest absolute Gasteiger partial charge is 0.130 e. The second-order valence-corrected chi connectivity index (χ2v) is 6.05. The van der Waals surface area contributed by atoms with E-state index < -0.39 is 0 Å². The van der Waals surface area contributed by atoms with E-state index in [0.717, 1.165) is 29.6 Å². The summed E-state index contributed by atoms with van der Waals surface area (Å²) in [6.45, 7) is 2.29. The third-order valence-electron chi connectivity index (χ3n) is 4.67. The van der Waals surface area contributed by atoms with Gasteiger partial charge in [0, 0.05) is 29.7 Å². The molecular weight excluding hydrogens is 270 g/mol. The molecule has 0 radical (unpaired) electrons. The van der Waals surface area contributed by atoms with Crippen molar-refractivity contribution in [3.8, 4) is 0 Å². The molecule has 22 heavy (non-hydrogen) atoms. The summed E-state index contributed by atoms with van der Waals surface area (Å²) >= 11 is 0. The van der Waals surface area contributed by atoms with Crippen LogP contribution in [0, 0.1) is 0 Å². The van der Waals surface area contributed by atoms with E-state index in [-0.39, 0.29) is 0 Å². The summed E-state index contributed by atoms with van der Waals surface area (Å²) in [6, 6.07) is 15.3. The van der Waals surface area contributed by atoms with Crippen LogP contribution in [0.1, 0.15) is 30.4 Å². The van der Waals surface area contributed by atoms with Crippen LogP contribution in [0.5, 0.6) is 0 Å². The number of hydrogen-bond donors (Lipinski definition) is 1. The summed E-state index contributed by atoms with van der Waals surface area (Å²) in [5.74, 6) is 1.52. The van der Waals surface area contributed by atoms with Crippen molar-refractivity contribution >= 4 is 16.7 Å². The van der Waals surface area contributed by atoms with Crippen molar-refractivity contribution in [3.63, 3.8) is 0 Å². The summed E-state index contributed by atoms with van der Waals surface area (Å²) < 4.78 is 0. The van der Waals surface area contributed by atoms with Crippen LogP contribution in [0.4, 0.5) is 5.82 Å². The lowest BCUT2D eigenvalue weighted by molar-refractivity contribution is 0.544. The van der Waals surface area contributed by atoms with Gasteiger partial charge in [-0.15, -0.1) is 0 Å². The number of fused-ring (bicyclic) bond motifs is 2. The van der Waals surface area contributed by atoms with Crippen LogP contribution in [0.3, 0.4) is 0 Å². The van der Waals surface area contributed by atoms with Gasteiger partial charge in [0.15, 0.2) is 0 Å². The number of anilines is 1. The van der Waals surface area contributed by atoms with Gasteiger partial charge in [0.2, 0.25) is 0 Å². The molecule has 1 aromatic carbocycles. The van der Waals surface area contributed by atoms with Gasteiger partial charge in [-0.25, -0.2) is 4.98 Å². The first-order valence-electron chi connectivity index (χ1n) is 7.86. The Labute approximate surface area is 130 Å². The lowest BCUT2D eigenvalue weighted by Gasteiger charge is -2.31. The summed E-state index contributed by atoms with van der Waals surface area (Å²) in [4.78, 5) is 8.98. The topological polar surface area (TPSA) is 37.8 Å². The van der Waals surface area contributed by atoms with Crippen LogP contribution in [-0.2, 0) is 6.42 Å². The summed E-state index contributed by atoms with van der Waals surface area (Å²) in [5, 5.41) is 4.78. The number of hydrogen-bond acceptors (Lipinski definition) is 3. The number of rotatable bonds is 2. The fraction of sp³-hybridized carbons (Fsp3) is 0.263. The number of nitrogens with zero attached hydrogens (tertiary/aromatic N) is 2. The molecule has 0 saturated heterocycles. The van der Waals surface area contributed by atoms with Crippen molar-refractivity contribution in [1.29, 1.82) is 0 Å². The Kier molecular flexibility index (Phi) is 3.26. The fourth-order valence-electron chi connectivity index (χ4n) is 3.30. The van der Waals surface area contributed by atoms with Crippen LogP contribution in [0.2, 0.25) is 0 Å². The first-order valence-corrected chi connectivity index (χ1v) is 7.86. The highest BCUT2D eigenvalue weighted by Crippen LogP contribution is 2.32. The maximum absolute atomic E-state index is 4.79. The molecule has 110 valence electrons. The average molecular weight is 289 g/mol. The molecule has 0 fully saturated rings. The van der Waals surface area contributed by atoms with E-state index >= 15 is 0 Å². The Hall–Kier alpha value is -2.42. The van der Waals surface area contributed by atoms with Crippen molar-refractivity contribution < 1.29 is 0 Å². The monoisotopic (exact) mass is 289 g/mol. The number of nitrogens with one attached hydrogen (secondary N) is 1. The molecule has 3 heterocycles. The van der Waals surface area contributed by atoms with Crippen LogP contribution < -0.4 is 5.32 Å². The Bertz CT molecular complexity index is 798. The SMILES string of the molecule is CC(c1ccccc1)C1CCc2cc3cnccc3nc2N1. The second kappa shape index (κ2) is 5.41. The average Bonchev–Trinajstić information content (AvgIpc) is 2.59. The van der Waals surface area contributed by atoms with E-state index in [0.29, 0.717) is 12.0 Å². The molecule has 2 atom stereocenters. The zero-order valence-electron chi connectivity index (χ0n) is 12.7. The minimum Gasteiger partial charge on any atom is -0.366 e. The van der Waals surface area contributed by atoms with Crippen molar-refractivity contribution in [2.45, 2.75) is 31.7 Å². The molecular formula is C19H19N3. The van der Waals surface area contributed by atoms with Gasteiger partial charge < -0.3 is 5.32 Å². The van der Waals surface area contributed by atoms with Gasteiger partial charge in [0.25, 0.3) is 0 Å². The van der Waals surface area contributed by atoms with Crippen molar-refractivity contribution in [2.24, 2.45) is 0 Å². The van der Waals surface area contributed by atoms with Crippen molar-refractivity contribution in [3.05, 3.63) is 66.0 Å². The van der Waals surface area contributed by atoms with Crippen LogP contribution in [0.15, 0.2) is 54.9 Å².